The van der Waals surface area contributed by atoms with Crippen LogP contribution in [-0.4, -0.2) is 47.8 Å². The molecule has 26 heavy (non-hydrogen) atoms. The van der Waals surface area contributed by atoms with Crippen molar-refractivity contribution in [3.05, 3.63) is 41.5 Å². The van der Waals surface area contributed by atoms with Gasteiger partial charge in [0.1, 0.15) is 5.69 Å². The predicted octanol–water partition coefficient (Wildman–Crippen LogP) is 1.16. The molecule has 4 N–H and O–H groups in total. The second-order valence-corrected chi connectivity index (χ2v) is 6.14. The van der Waals surface area contributed by atoms with E-state index in [2.05, 4.69) is 51.9 Å². The molecule has 1 rings (SSSR count). The topological polar surface area (TPSA) is 116 Å². The summed E-state index contributed by atoms with van der Waals surface area (Å²) in [5.74, 6) is -0.670. The Morgan fingerprint density at radius 1 is 1.23 bits per heavy atom. The average molecular weight is 361 g/mol. The molecule has 0 saturated carbocycles. The van der Waals surface area contributed by atoms with Crippen molar-refractivity contribution in [2.75, 3.05) is 20.1 Å². The van der Waals surface area contributed by atoms with Gasteiger partial charge in [-0.3, -0.25) is 14.4 Å². The lowest BCUT2D eigenvalue weighted by molar-refractivity contribution is -0.119. The summed E-state index contributed by atoms with van der Waals surface area (Å²) in [6.45, 7) is 6.46. The minimum absolute atomic E-state index is 0.0425. The van der Waals surface area contributed by atoms with Crippen LogP contribution in [0.2, 0.25) is 0 Å². The molecule has 0 fully saturated rings. The predicted molar refractivity (Wildman–Crippen MR) is 99.7 cm³/mol. The van der Waals surface area contributed by atoms with Crippen LogP contribution in [-0.2, 0) is 4.79 Å². The largest absolute Gasteiger partial charge is 0.358 e. The summed E-state index contributed by atoms with van der Waals surface area (Å²) in [6, 6.07) is 0. The van der Waals surface area contributed by atoms with Crippen molar-refractivity contribution in [2.24, 2.45) is 5.92 Å². The van der Waals surface area contributed by atoms with E-state index >= 15 is 0 Å². The highest BCUT2D eigenvalue weighted by Gasteiger charge is 2.14. The van der Waals surface area contributed by atoms with Gasteiger partial charge in [0.15, 0.2) is 5.82 Å². The Morgan fingerprint density at radius 2 is 1.96 bits per heavy atom. The molecule has 0 radical (unpaired) electrons. The standard InChI is InChI=1S/C18H27N5O3/c1-12(2)6-5-7-13(3)8-9-20-18(26)16-21-10-14(23-16)17(25)22-11-15(24)19-4/h5-6,8,10,12H,7,9,11H2,1-4H3,(H,19,24)(H,20,26)(H,21,23)(H,22,25)/b6-5+,13-8+. The van der Waals surface area contributed by atoms with Crippen molar-refractivity contribution < 1.29 is 14.4 Å². The summed E-state index contributed by atoms with van der Waals surface area (Å²) in [7, 11) is 1.48. The molecule has 142 valence electrons. The van der Waals surface area contributed by atoms with Gasteiger partial charge < -0.3 is 20.9 Å². The number of nitrogens with one attached hydrogen (secondary N) is 4. The van der Waals surface area contributed by atoms with Crippen LogP contribution >= 0.6 is 0 Å². The fraction of sp³-hybridized carbons (Fsp3) is 0.444. The number of allylic oxidation sites excluding steroid dienone is 3. The first-order chi connectivity index (χ1) is 12.3. The smallest absolute Gasteiger partial charge is 0.287 e. The Hall–Kier alpha value is -2.90. The number of carbonyl (C=O) groups excluding carboxylic acids is 3. The zero-order valence-corrected chi connectivity index (χ0v) is 15.7. The zero-order chi connectivity index (χ0) is 19.5. The number of carbonyl (C=O) groups is 3. The molecule has 0 atom stereocenters. The molecule has 0 bridgehead atoms. The van der Waals surface area contributed by atoms with E-state index in [-0.39, 0.29) is 24.0 Å². The lowest BCUT2D eigenvalue weighted by atomic mass is 10.1. The Bertz CT molecular complexity index is 689. The van der Waals surface area contributed by atoms with Crippen molar-refractivity contribution in [1.82, 2.24) is 25.9 Å². The van der Waals surface area contributed by atoms with Crippen molar-refractivity contribution in [3.63, 3.8) is 0 Å². The summed E-state index contributed by atoms with van der Waals surface area (Å²) in [6.07, 6.45) is 8.27. The fourth-order valence-electron chi connectivity index (χ4n) is 1.91. The van der Waals surface area contributed by atoms with Crippen LogP contribution in [0.15, 0.2) is 30.0 Å². The van der Waals surface area contributed by atoms with Crippen molar-refractivity contribution in [2.45, 2.75) is 27.2 Å². The van der Waals surface area contributed by atoms with E-state index in [0.717, 1.165) is 12.0 Å². The van der Waals surface area contributed by atoms with Crippen LogP contribution in [0.25, 0.3) is 0 Å². The molecule has 0 aliphatic rings. The Morgan fingerprint density at radius 3 is 2.62 bits per heavy atom. The summed E-state index contributed by atoms with van der Waals surface area (Å²) in [5.41, 5.74) is 1.26. The number of hydrogen-bond donors (Lipinski definition) is 4. The first-order valence-corrected chi connectivity index (χ1v) is 8.47. The highest BCUT2D eigenvalue weighted by Crippen LogP contribution is 2.03. The van der Waals surface area contributed by atoms with E-state index in [9.17, 15) is 14.4 Å². The number of H-pyrrole nitrogens is 1. The van der Waals surface area contributed by atoms with Crippen LogP contribution in [0.1, 0.15) is 48.3 Å². The summed E-state index contributed by atoms with van der Waals surface area (Å²) in [5, 5.41) is 7.52. The van der Waals surface area contributed by atoms with E-state index in [1.807, 2.05) is 13.0 Å². The summed E-state index contributed by atoms with van der Waals surface area (Å²) in [4.78, 5) is 41.5. The molecule has 0 spiro atoms. The van der Waals surface area contributed by atoms with Gasteiger partial charge in [-0.1, -0.05) is 37.6 Å². The number of hydrogen-bond acceptors (Lipinski definition) is 4. The van der Waals surface area contributed by atoms with Crippen LogP contribution < -0.4 is 16.0 Å². The second kappa shape index (κ2) is 10.9. The number of amides is 3. The molecule has 0 aliphatic carbocycles. The third-order valence-corrected chi connectivity index (χ3v) is 3.40. The number of imidazole rings is 1. The van der Waals surface area contributed by atoms with Gasteiger partial charge in [0.25, 0.3) is 11.8 Å². The van der Waals surface area contributed by atoms with Gasteiger partial charge in [-0.25, -0.2) is 4.98 Å². The maximum absolute atomic E-state index is 12.0. The SMILES string of the molecule is CNC(=O)CNC(=O)c1cnc(C(=O)NC/C=C(\C)C/C=C/C(C)C)[nH]1. The van der Waals surface area contributed by atoms with Gasteiger partial charge in [0.2, 0.25) is 5.91 Å². The van der Waals surface area contributed by atoms with Crippen LogP contribution in [0, 0.1) is 5.92 Å². The molecule has 0 aromatic carbocycles. The molecule has 1 heterocycles. The van der Waals surface area contributed by atoms with E-state index in [0.29, 0.717) is 12.5 Å². The van der Waals surface area contributed by atoms with Gasteiger partial charge in [-0.2, -0.15) is 0 Å². The Balaban J connectivity index is 2.47. The molecule has 0 aliphatic heterocycles. The molecule has 3 amide bonds. The van der Waals surface area contributed by atoms with Crippen LogP contribution in [0.3, 0.4) is 0 Å². The Kier molecular flexibility index (Phi) is 8.83. The molecule has 0 unspecified atom stereocenters. The maximum atomic E-state index is 12.0. The molecule has 1 aromatic heterocycles. The van der Waals surface area contributed by atoms with Crippen LogP contribution in [0.4, 0.5) is 0 Å². The minimum atomic E-state index is -0.507. The molecule has 8 heteroatoms. The first kappa shape index (κ1) is 21.1. The quantitative estimate of drug-likeness (QED) is 0.494. The fourth-order valence-corrected chi connectivity index (χ4v) is 1.91. The summed E-state index contributed by atoms with van der Waals surface area (Å²) < 4.78 is 0. The Labute approximate surface area is 153 Å². The van der Waals surface area contributed by atoms with Crippen molar-refractivity contribution in [3.8, 4) is 0 Å². The molecule has 0 saturated heterocycles. The number of nitrogens with zero attached hydrogens (tertiary/aromatic N) is 1. The van der Waals surface area contributed by atoms with Crippen molar-refractivity contribution in [1.29, 1.82) is 0 Å². The third-order valence-electron chi connectivity index (χ3n) is 3.40. The second-order valence-electron chi connectivity index (χ2n) is 6.14. The number of rotatable bonds is 9. The minimum Gasteiger partial charge on any atom is -0.358 e. The zero-order valence-electron chi connectivity index (χ0n) is 15.7. The highest BCUT2D eigenvalue weighted by molar-refractivity contribution is 5.97. The van der Waals surface area contributed by atoms with E-state index < -0.39 is 11.8 Å². The number of aromatic amines is 1. The lowest BCUT2D eigenvalue weighted by Gasteiger charge is -2.02. The average Bonchev–Trinajstić information content (AvgIpc) is 3.09. The molecular formula is C18H27N5O3. The van der Waals surface area contributed by atoms with E-state index in [4.69, 9.17) is 0 Å². The number of aromatic nitrogens is 2. The van der Waals surface area contributed by atoms with Gasteiger partial charge in [-0.15, -0.1) is 0 Å². The molecular weight excluding hydrogens is 334 g/mol. The van der Waals surface area contributed by atoms with Crippen LogP contribution in [0.5, 0.6) is 0 Å². The third kappa shape index (κ3) is 7.78. The first-order valence-electron chi connectivity index (χ1n) is 8.47. The van der Waals surface area contributed by atoms with E-state index in [1.165, 1.54) is 13.2 Å². The lowest BCUT2D eigenvalue weighted by Crippen LogP contribution is -2.35. The number of likely N-dealkylation sites (N-methyl/N-ethyl adjacent to an activating group) is 1. The van der Waals surface area contributed by atoms with E-state index in [1.54, 1.807) is 0 Å². The monoisotopic (exact) mass is 361 g/mol. The molecule has 8 nitrogen and oxygen atoms in total. The normalized spacial score (nSPS) is 11.7. The molecule has 1 aromatic rings. The van der Waals surface area contributed by atoms with Gasteiger partial charge in [0.05, 0.1) is 12.7 Å². The van der Waals surface area contributed by atoms with Gasteiger partial charge in [0, 0.05) is 13.6 Å². The van der Waals surface area contributed by atoms with Gasteiger partial charge in [-0.05, 0) is 19.3 Å². The maximum Gasteiger partial charge on any atom is 0.287 e. The van der Waals surface area contributed by atoms with Gasteiger partial charge >= 0.3 is 0 Å². The summed E-state index contributed by atoms with van der Waals surface area (Å²) >= 11 is 0. The highest BCUT2D eigenvalue weighted by atomic mass is 16.2. The van der Waals surface area contributed by atoms with Crippen molar-refractivity contribution >= 4 is 17.7 Å².